The van der Waals surface area contributed by atoms with Crippen molar-refractivity contribution in [3.63, 3.8) is 0 Å². The van der Waals surface area contributed by atoms with Crippen LogP contribution in [0.1, 0.15) is 16.7 Å². The molecule has 7 heteroatoms. The highest BCUT2D eigenvalue weighted by atomic mass is 32.2. The third-order valence-electron chi connectivity index (χ3n) is 3.89. The van der Waals surface area contributed by atoms with Crippen molar-refractivity contribution >= 4 is 21.5 Å². The Hall–Kier alpha value is -2.28. The van der Waals surface area contributed by atoms with E-state index in [1.165, 1.54) is 10.5 Å². The van der Waals surface area contributed by atoms with E-state index in [1.54, 1.807) is 13.0 Å². The van der Waals surface area contributed by atoms with Crippen LogP contribution in [0.25, 0.3) is 0 Å². The summed E-state index contributed by atoms with van der Waals surface area (Å²) in [6, 6.07) is 5.36. The van der Waals surface area contributed by atoms with Gasteiger partial charge in [-0.25, -0.2) is 13.4 Å². The molecule has 0 saturated heterocycles. The van der Waals surface area contributed by atoms with Gasteiger partial charge < -0.3 is 10.5 Å². The van der Waals surface area contributed by atoms with E-state index in [4.69, 9.17) is 10.5 Å². The van der Waals surface area contributed by atoms with E-state index in [9.17, 15) is 8.42 Å². The van der Waals surface area contributed by atoms with Crippen LogP contribution in [0, 0.1) is 20.8 Å². The van der Waals surface area contributed by atoms with Gasteiger partial charge in [0.05, 0.1) is 12.2 Å². The van der Waals surface area contributed by atoms with Crippen molar-refractivity contribution in [2.24, 2.45) is 0 Å². The average Bonchev–Trinajstić information content (AvgIpc) is 2.49. The highest BCUT2D eigenvalue weighted by Crippen LogP contribution is 2.38. The summed E-state index contributed by atoms with van der Waals surface area (Å²) in [5.74, 6) is 0.948. The molecule has 6 nitrogen and oxygen atoms in total. The fourth-order valence-electron chi connectivity index (χ4n) is 2.73. The Balaban J connectivity index is 2.14. The second-order valence-corrected chi connectivity index (χ2v) is 7.59. The van der Waals surface area contributed by atoms with Gasteiger partial charge in [0, 0.05) is 6.20 Å². The minimum Gasteiger partial charge on any atom is -0.489 e. The van der Waals surface area contributed by atoms with Gasteiger partial charge in [0.15, 0.2) is 0 Å². The third kappa shape index (κ3) is 2.61. The fraction of sp³-hybridized carbons (Fsp3) is 0.312. The molecule has 0 amide bonds. The average molecular weight is 333 g/mol. The highest BCUT2D eigenvalue weighted by Gasteiger charge is 2.31. The molecule has 3 rings (SSSR count). The first-order chi connectivity index (χ1) is 10.8. The topological polar surface area (TPSA) is 85.5 Å². The zero-order valence-corrected chi connectivity index (χ0v) is 14.1. The lowest BCUT2D eigenvalue weighted by Crippen LogP contribution is -2.38. The first-order valence-corrected chi connectivity index (χ1v) is 8.73. The summed E-state index contributed by atoms with van der Waals surface area (Å²) >= 11 is 0. The summed E-state index contributed by atoms with van der Waals surface area (Å²) in [7, 11) is -3.71. The molecule has 2 N–H and O–H groups in total. The van der Waals surface area contributed by atoms with Gasteiger partial charge in [-0.3, -0.25) is 4.31 Å². The summed E-state index contributed by atoms with van der Waals surface area (Å²) in [6.45, 7) is 6.17. The molecule has 0 aliphatic carbocycles. The summed E-state index contributed by atoms with van der Waals surface area (Å²) in [6.07, 6.45) is 1.30. The predicted octanol–water partition coefficient (Wildman–Crippen LogP) is 2.18. The van der Waals surface area contributed by atoms with E-state index in [0.29, 0.717) is 29.4 Å². The Morgan fingerprint density at radius 1 is 1.17 bits per heavy atom. The summed E-state index contributed by atoms with van der Waals surface area (Å²) in [5, 5.41) is 0. The Bertz CT molecular complexity index is 878. The number of aryl methyl sites for hydroxylation is 3. The van der Waals surface area contributed by atoms with Crippen molar-refractivity contribution < 1.29 is 13.2 Å². The van der Waals surface area contributed by atoms with Gasteiger partial charge in [-0.05, 0) is 49.6 Å². The molecule has 0 saturated carbocycles. The number of hydrogen-bond acceptors (Lipinski definition) is 5. The van der Waals surface area contributed by atoms with Crippen LogP contribution in [0.15, 0.2) is 29.3 Å². The van der Waals surface area contributed by atoms with E-state index in [2.05, 4.69) is 4.98 Å². The Kier molecular flexibility index (Phi) is 3.68. The molecule has 0 unspecified atom stereocenters. The lowest BCUT2D eigenvalue weighted by molar-refractivity contribution is 0.313. The number of hydrogen-bond donors (Lipinski definition) is 1. The molecule has 0 spiro atoms. The van der Waals surface area contributed by atoms with Crippen molar-refractivity contribution in [2.75, 3.05) is 23.2 Å². The van der Waals surface area contributed by atoms with Crippen molar-refractivity contribution in [1.29, 1.82) is 0 Å². The van der Waals surface area contributed by atoms with Gasteiger partial charge in [-0.15, -0.1) is 0 Å². The molecule has 2 aromatic rings. The van der Waals surface area contributed by atoms with Crippen molar-refractivity contribution in [1.82, 2.24) is 4.98 Å². The van der Waals surface area contributed by atoms with Gasteiger partial charge >= 0.3 is 0 Å². The van der Waals surface area contributed by atoms with Crippen molar-refractivity contribution in [3.8, 4) is 5.75 Å². The smallest absolute Gasteiger partial charge is 0.266 e. The summed E-state index contributed by atoms with van der Waals surface area (Å²) in [4.78, 5) is 4.11. The van der Waals surface area contributed by atoms with Crippen LogP contribution in [-0.2, 0) is 10.0 Å². The van der Waals surface area contributed by atoms with E-state index in [-0.39, 0.29) is 11.4 Å². The number of ether oxygens (including phenoxy) is 1. The Labute approximate surface area is 136 Å². The minimum atomic E-state index is -3.71. The predicted molar refractivity (Wildman–Crippen MR) is 89.3 cm³/mol. The Morgan fingerprint density at radius 3 is 2.61 bits per heavy atom. The zero-order chi connectivity index (χ0) is 16.8. The number of anilines is 2. The number of aromatic nitrogens is 1. The van der Waals surface area contributed by atoms with E-state index >= 15 is 0 Å². The number of benzene rings is 1. The maximum absolute atomic E-state index is 13.0. The number of rotatable bonds is 2. The minimum absolute atomic E-state index is 0.135. The van der Waals surface area contributed by atoms with Crippen molar-refractivity contribution in [2.45, 2.75) is 25.7 Å². The van der Waals surface area contributed by atoms with Crippen LogP contribution in [0.4, 0.5) is 11.5 Å². The van der Waals surface area contributed by atoms with Crippen LogP contribution in [0.2, 0.25) is 0 Å². The first kappa shape index (κ1) is 15.6. The SMILES string of the molecule is Cc1cc(C)c2c(c1)N(S(=O)(=O)c1cnc(N)c(C)c1)CCO2. The number of nitrogens with zero attached hydrogens (tertiary/aromatic N) is 2. The summed E-state index contributed by atoms with van der Waals surface area (Å²) in [5.41, 5.74) is 8.81. The fourth-order valence-corrected chi connectivity index (χ4v) is 4.21. The second kappa shape index (κ2) is 5.42. The maximum Gasteiger partial charge on any atom is 0.266 e. The molecule has 0 bridgehead atoms. The molecule has 1 aliphatic rings. The van der Waals surface area contributed by atoms with Crippen LogP contribution >= 0.6 is 0 Å². The summed E-state index contributed by atoms with van der Waals surface area (Å²) < 4.78 is 33.1. The van der Waals surface area contributed by atoms with Crippen LogP contribution in [0.5, 0.6) is 5.75 Å². The van der Waals surface area contributed by atoms with Gasteiger partial charge in [-0.1, -0.05) is 6.07 Å². The lowest BCUT2D eigenvalue weighted by atomic mass is 10.1. The van der Waals surface area contributed by atoms with E-state index in [1.807, 2.05) is 26.0 Å². The van der Waals surface area contributed by atoms with Gasteiger partial charge in [-0.2, -0.15) is 0 Å². The second-order valence-electron chi connectivity index (χ2n) is 5.73. The van der Waals surface area contributed by atoms with Crippen LogP contribution in [-0.4, -0.2) is 26.6 Å². The number of sulfonamides is 1. The molecule has 1 aliphatic heterocycles. The van der Waals surface area contributed by atoms with Crippen molar-refractivity contribution in [3.05, 3.63) is 41.1 Å². The monoisotopic (exact) mass is 333 g/mol. The maximum atomic E-state index is 13.0. The third-order valence-corrected chi connectivity index (χ3v) is 5.67. The molecule has 0 radical (unpaired) electrons. The molecular formula is C16H19N3O3S. The number of fused-ring (bicyclic) bond motifs is 1. The number of nitrogens with two attached hydrogens (primary N) is 1. The zero-order valence-electron chi connectivity index (χ0n) is 13.3. The first-order valence-electron chi connectivity index (χ1n) is 7.29. The quantitative estimate of drug-likeness (QED) is 0.910. The normalized spacial score (nSPS) is 14.3. The molecule has 0 atom stereocenters. The molecule has 1 aromatic carbocycles. The van der Waals surface area contributed by atoms with E-state index < -0.39 is 10.0 Å². The molecule has 2 heterocycles. The standard InChI is InChI=1S/C16H19N3O3S/c1-10-6-11(2)15-14(7-10)19(4-5-22-15)23(20,21)13-8-12(3)16(17)18-9-13/h6-9H,4-5H2,1-3H3,(H2,17,18). The molecule has 122 valence electrons. The van der Waals surface area contributed by atoms with Gasteiger partial charge in [0.2, 0.25) is 0 Å². The van der Waals surface area contributed by atoms with E-state index in [0.717, 1.165) is 11.1 Å². The molecular weight excluding hydrogens is 314 g/mol. The molecule has 1 aromatic heterocycles. The molecule has 23 heavy (non-hydrogen) atoms. The number of pyridine rings is 1. The largest absolute Gasteiger partial charge is 0.489 e. The van der Waals surface area contributed by atoms with Crippen LogP contribution in [0.3, 0.4) is 0 Å². The highest BCUT2D eigenvalue weighted by molar-refractivity contribution is 7.92. The lowest BCUT2D eigenvalue weighted by Gasteiger charge is -2.31. The molecule has 0 fully saturated rings. The Morgan fingerprint density at radius 2 is 1.91 bits per heavy atom. The van der Waals surface area contributed by atoms with Gasteiger partial charge in [0.1, 0.15) is 23.1 Å². The van der Waals surface area contributed by atoms with Crippen LogP contribution < -0.4 is 14.8 Å². The number of nitrogen functional groups attached to an aromatic ring is 1. The van der Waals surface area contributed by atoms with Gasteiger partial charge in [0.25, 0.3) is 10.0 Å².